The number of rotatable bonds is 0. The SMILES string of the molecule is O=C1NCC2(CC2)c2c1ccc1sccc21. The van der Waals surface area contributed by atoms with E-state index in [0.717, 1.165) is 12.1 Å². The summed E-state index contributed by atoms with van der Waals surface area (Å²) in [7, 11) is 0. The van der Waals surface area contributed by atoms with Crippen molar-refractivity contribution in [2.75, 3.05) is 6.54 Å². The molecule has 1 amide bonds. The first-order chi connectivity index (χ1) is 7.80. The molecule has 4 rings (SSSR count). The predicted molar refractivity (Wildman–Crippen MR) is 65.1 cm³/mol. The van der Waals surface area contributed by atoms with Gasteiger partial charge in [-0.25, -0.2) is 0 Å². The molecule has 1 spiro atoms. The average Bonchev–Trinajstić information content (AvgIpc) is 2.89. The minimum Gasteiger partial charge on any atom is -0.351 e. The third kappa shape index (κ3) is 0.944. The Kier molecular flexibility index (Phi) is 1.46. The number of nitrogens with one attached hydrogen (secondary N) is 1. The highest BCUT2D eigenvalue weighted by Gasteiger charge is 2.49. The van der Waals surface area contributed by atoms with Crippen LogP contribution in [0, 0.1) is 0 Å². The molecule has 80 valence electrons. The maximum absolute atomic E-state index is 11.9. The van der Waals surface area contributed by atoms with Crippen LogP contribution in [0.1, 0.15) is 28.8 Å². The van der Waals surface area contributed by atoms with Gasteiger partial charge in [0, 0.05) is 22.2 Å². The van der Waals surface area contributed by atoms with Crippen molar-refractivity contribution < 1.29 is 4.79 Å². The standard InChI is InChI=1S/C13H11NOS/c15-12-9-1-2-10-8(3-6-16-10)11(9)13(4-5-13)7-14-12/h1-3,6H,4-5,7H2,(H,14,15). The van der Waals surface area contributed by atoms with Gasteiger partial charge in [-0.2, -0.15) is 0 Å². The monoisotopic (exact) mass is 229 g/mol. The smallest absolute Gasteiger partial charge is 0.251 e. The van der Waals surface area contributed by atoms with E-state index >= 15 is 0 Å². The fraction of sp³-hybridized carbons (Fsp3) is 0.308. The van der Waals surface area contributed by atoms with Crippen molar-refractivity contribution in [2.45, 2.75) is 18.3 Å². The molecule has 1 aromatic heterocycles. The Bertz CT molecular complexity index is 609. The van der Waals surface area contributed by atoms with Crippen LogP contribution in [-0.4, -0.2) is 12.5 Å². The van der Waals surface area contributed by atoms with Crippen molar-refractivity contribution in [1.29, 1.82) is 0 Å². The van der Waals surface area contributed by atoms with Crippen LogP contribution in [0.15, 0.2) is 23.6 Å². The fourth-order valence-corrected chi connectivity index (χ4v) is 3.61. The van der Waals surface area contributed by atoms with Gasteiger partial charge in [-0.3, -0.25) is 4.79 Å². The predicted octanol–water partition coefficient (Wildman–Crippen LogP) is 2.68. The van der Waals surface area contributed by atoms with E-state index in [-0.39, 0.29) is 11.3 Å². The normalized spacial score (nSPS) is 20.9. The average molecular weight is 229 g/mol. The second-order valence-corrected chi connectivity index (χ2v) is 5.73. The van der Waals surface area contributed by atoms with Gasteiger partial charge in [0.2, 0.25) is 0 Å². The molecule has 16 heavy (non-hydrogen) atoms. The molecule has 1 aromatic carbocycles. The zero-order chi connectivity index (χ0) is 10.8. The Hall–Kier alpha value is -1.35. The molecular weight excluding hydrogens is 218 g/mol. The number of hydrogen-bond acceptors (Lipinski definition) is 2. The van der Waals surface area contributed by atoms with Gasteiger partial charge >= 0.3 is 0 Å². The van der Waals surface area contributed by atoms with Gasteiger partial charge in [-0.05, 0) is 47.4 Å². The summed E-state index contributed by atoms with van der Waals surface area (Å²) in [6, 6.07) is 6.22. The number of hydrogen-bond donors (Lipinski definition) is 1. The van der Waals surface area contributed by atoms with Gasteiger partial charge in [0.25, 0.3) is 5.91 Å². The van der Waals surface area contributed by atoms with Crippen LogP contribution in [0.4, 0.5) is 0 Å². The Morgan fingerprint density at radius 2 is 2.12 bits per heavy atom. The molecule has 0 saturated heterocycles. The summed E-state index contributed by atoms with van der Waals surface area (Å²) < 4.78 is 1.31. The van der Waals surface area contributed by atoms with E-state index in [1.165, 1.54) is 28.5 Å². The van der Waals surface area contributed by atoms with E-state index < -0.39 is 0 Å². The second kappa shape index (κ2) is 2.66. The highest BCUT2D eigenvalue weighted by Crippen LogP contribution is 2.53. The third-order valence-corrected chi connectivity index (χ3v) is 4.73. The third-order valence-electron chi connectivity index (χ3n) is 3.85. The molecule has 0 unspecified atom stereocenters. The lowest BCUT2D eigenvalue weighted by atomic mass is 9.85. The molecule has 3 heteroatoms. The Morgan fingerprint density at radius 3 is 2.94 bits per heavy atom. The number of carbonyl (C=O) groups excluding carboxylic acids is 1. The quantitative estimate of drug-likeness (QED) is 0.739. The summed E-state index contributed by atoms with van der Waals surface area (Å²) in [5.41, 5.74) is 2.48. The van der Waals surface area contributed by atoms with Crippen LogP contribution >= 0.6 is 11.3 Å². The number of amides is 1. The van der Waals surface area contributed by atoms with E-state index in [9.17, 15) is 4.79 Å². The van der Waals surface area contributed by atoms with Crippen LogP contribution in [0.3, 0.4) is 0 Å². The van der Waals surface area contributed by atoms with E-state index in [2.05, 4.69) is 22.8 Å². The molecule has 1 saturated carbocycles. The first kappa shape index (κ1) is 8.76. The molecule has 0 atom stereocenters. The second-order valence-electron chi connectivity index (χ2n) is 4.78. The topological polar surface area (TPSA) is 29.1 Å². The summed E-state index contributed by atoms with van der Waals surface area (Å²) in [5.74, 6) is 0.0978. The first-order valence-corrected chi connectivity index (χ1v) is 6.47. The van der Waals surface area contributed by atoms with Gasteiger partial charge in [0.1, 0.15) is 0 Å². The minimum absolute atomic E-state index is 0.0978. The van der Waals surface area contributed by atoms with Crippen molar-refractivity contribution in [1.82, 2.24) is 5.32 Å². The number of carbonyl (C=O) groups is 1. The van der Waals surface area contributed by atoms with E-state index in [4.69, 9.17) is 0 Å². The van der Waals surface area contributed by atoms with Crippen LogP contribution < -0.4 is 5.32 Å². The van der Waals surface area contributed by atoms with Crippen molar-refractivity contribution in [3.8, 4) is 0 Å². The maximum atomic E-state index is 11.9. The number of fused-ring (bicyclic) bond motifs is 4. The molecule has 1 aliphatic carbocycles. The van der Waals surface area contributed by atoms with E-state index in [1.54, 1.807) is 11.3 Å². The van der Waals surface area contributed by atoms with Crippen LogP contribution in [0.25, 0.3) is 10.1 Å². The van der Waals surface area contributed by atoms with Gasteiger partial charge in [0.05, 0.1) is 0 Å². The fourth-order valence-electron chi connectivity index (χ4n) is 2.82. The molecule has 2 aromatic rings. The zero-order valence-corrected chi connectivity index (χ0v) is 9.56. The molecule has 2 aliphatic rings. The summed E-state index contributed by atoms with van der Waals surface area (Å²) >= 11 is 1.76. The Balaban J connectivity index is 2.14. The Labute approximate surface area is 97.3 Å². The largest absolute Gasteiger partial charge is 0.351 e. The van der Waals surface area contributed by atoms with Crippen LogP contribution in [0.2, 0.25) is 0 Å². The number of thiophene rings is 1. The molecule has 2 heterocycles. The molecular formula is C13H11NOS. The van der Waals surface area contributed by atoms with Crippen molar-refractivity contribution in [3.63, 3.8) is 0 Å². The van der Waals surface area contributed by atoms with Crippen molar-refractivity contribution in [2.24, 2.45) is 0 Å². The minimum atomic E-state index is 0.0978. The zero-order valence-electron chi connectivity index (χ0n) is 8.75. The summed E-state index contributed by atoms with van der Waals surface area (Å²) in [5, 5.41) is 6.43. The summed E-state index contributed by atoms with van der Waals surface area (Å²) in [4.78, 5) is 11.9. The highest BCUT2D eigenvalue weighted by atomic mass is 32.1. The van der Waals surface area contributed by atoms with Gasteiger partial charge in [0.15, 0.2) is 0 Å². The molecule has 0 bridgehead atoms. The van der Waals surface area contributed by atoms with Gasteiger partial charge in [-0.15, -0.1) is 11.3 Å². The lowest BCUT2D eigenvalue weighted by Crippen LogP contribution is -2.39. The van der Waals surface area contributed by atoms with Gasteiger partial charge < -0.3 is 5.32 Å². The molecule has 2 nitrogen and oxygen atoms in total. The van der Waals surface area contributed by atoms with E-state index in [1.807, 2.05) is 6.07 Å². The maximum Gasteiger partial charge on any atom is 0.251 e. The van der Waals surface area contributed by atoms with Crippen molar-refractivity contribution >= 4 is 27.3 Å². The number of benzene rings is 1. The molecule has 1 fully saturated rings. The Morgan fingerprint density at radius 1 is 1.25 bits per heavy atom. The summed E-state index contributed by atoms with van der Waals surface area (Å²) in [6.07, 6.45) is 2.43. The first-order valence-electron chi connectivity index (χ1n) is 5.59. The molecule has 0 radical (unpaired) electrons. The molecule has 1 N–H and O–H groups in total. The lowest BCUT2D eigenvalue weighted by molar-refractivity contribution is 0.0938. The van der Waals surface area contributed by atoms with E-state index in [0.29, 0.717) is 0 Å². The summed E-state index contributed by atoms with van der Waals surface area (Å²) in [6.45, 7) is 0.827. The highest BCUT2D eigenvalue weighted by molar-refractivity contribution is 7.17. The van der Waals surface area contributed by atoms with Gasteiger partial charge in [-0.1, -0.05) is 0 Å². The van der Waals surface area contributed by atoms with Crippen LogP contribution in [0.5, 0.6) is 0 Å². The molecule has 1 aliphatic heterocycles. The lowest BCUT2D eigenvalue weighted by Gasteiger charge is -2.26. The van der Waals surface area contributed by atoms with Crippen LogP contribution in [-0.2, 0) is 5.41 Å². The van der Waals surface area contributed by atoms with Crippen molar-refractivity contribution in [3.05, 3.63) is 34.7 Å².